The van der Waals surface area contributed by atoms with Crippen LogP contribution in [0.4, 0.5) is 0 Å². The van der Waals surface area contributed by atoms with Crippen molar-refractivity contribution >= 4 is 17.7 Å². The van der Waals surface area contributed by atoms with E-state index in [9.17, 15) is 29.7 Å². The molecule has 3 amide bonds. The molecule has 0 aromatic heterocycles. The third-order valence-electron chi connectivity index (χ3n) is 12.1. The summed E-state index contributed by atoms with van der Waals surface area (Å²) in [6, 6.07) is 0. The van der Waals surface area contributed by atoms with E-state index in [1.54, 1.807) is 4.90 Å². The van der Waals surface area contributed by atoms with Crippen LogP contribution in [-0.4, -0.2) is 134 Å². The van der Waals surface area contributed by atoms with Crippen molar-refractivity contribution in [3.05, 3.63) is 0 Å². The Labute approximate surface area is 381 Å². The predicted octanol–water partition coefficient (Wildman–Crippen LogP) is 8.00. The van der Waals surface area contributed by atoms with Crippen LogP contribution < -0.4 is 21.3 Å². The fourth-order valence-corrected chi connectivity index (χ4v) is 7.76. The molecule has 0 saturated carbocycles. The Morgan fingerprint density at radius 2 is 0.677 bits per heavy atom. The summed E-state index contributed by atoms with van der Waals surface area (Å²) in [5.41, 5.74) is 0. The minimum atomic E-state index is -1.29. The first kappa shape index (κ1) is 60.2. The molecule has 0 aromatic rings. The van der Waals surface area contributed by atoms with Crippen molar-refractivity contribution in [2.45, 2.75) is 232 Å². The smallest absolute Gasteiger partial charge is 0.250 e. The van der Waals surface area contributed by atoms with Gasteiger partial charge in [0.05, 0.1) is 0 Å². The number of likely N-dealkylation sites (N-methyl/N-ethyl adjacent to an activating group) is 1. The zero-order valence-corrected chi connectivity index (χ0v) is 41.0. The van der Waals surface area contributed by atoms with Crippen molar-refractivity contribution in [3.63, 3.8) is 0 Å². The summed E-state index contributed by atoms with van der Waals surface area (Å²) in [5.74, 6) is -1.22. The lowest BCUT2D eigenvalue weighted by molar-refractivity contribution is -0.132. The van der Waals surface area contributed by atoms with Gasteiger partial charge in [-0.1, -0.05) is 194 Å². The zero-order chi connectivity index (χ0) is 45.7. The maximum Gasteiger partial charge on any atom is 0.250 e. The second kappa shape index (κ2) is 45.7. The average molecular weight is 883 g/mol. The molecule has 7 N–H and O–H groups in total. The van der Waals surface area contributed by atoms with Crippen molar-refractivity contribution in [3.8, 4) is 0 Å². The van der Waals surface area contributed by atoms with Gasteiger partial charge in [-0.05, 0) is 26.3 Å². The Kier molecular flexibility index (Phi) is 44.4. The standard InChI is InChI=1S/C50H102N6O6/c1-5-8-11-14-17-20-23-26-29-32-35-52-48(60)45(57)42-51-38-39-55(4)40-41-56(43-46(58)49(61)53-36-33-30-27-24-21-18-15-12-9-6-2)44-47(59)50(62)54-37-34-31-28-25-22-19-16-13-10-7-3/h45-47,51,57-59H,5-44H2,1-4H3,(H,52,60)(H,53,61)(H,54,62). The first-order valence-corrected chi connectivity index (χ1v) is 26.1. The highest BCUT2D eigenvalue weighted by Gasteiger charge is 2.24. The molecule has 0 rings (SSSR count). The quantitative estimate of drug-likeness (QED) is 0.0300. The second-order valence-electron chi connectivity index (χ2n) is 18.2. The number of rotatable bonds is 48. The van der Waals surface area contributed by atoms with Gasteiger partial charge in [0.15, 0.2) is 0 Å². The van der Waals surface area contributed by atoms with Crippen molar-refractivity contribution in [2.75, 3.05) is 72.5 Å². The molecule has 0 aliphatic heterocycles. The second-order valence-corrected chi connectivity index (χ2v) is 18.2. The van der Waals surface area contributed by atoms with Crippen LogP contribution in [0.2, 0.25) is 0 Å². The average Bonchev–Trinajstić information content (AvgIpc) is 3.26. The molecular formula is C50H102N6O6. The van der Waals surface area contributed by atoms with E-state index in [2.05, 4.69) is 46.9 Å². The molecule has 12 nitrogen and oxygen atoms in total. The molecule has 3 atom stereocenters. The van der Waals surface area contributed by atoms with Gasteiger partial charge in [-0.15, -0.1) is 0 Å². The van der Waals surface area contributed by atoms with Crippen LogP contribution in [0, 0.1) is 0 Å². The first-order chi connectivity index (χ1) is 30.2. The Hall–Kier alpha value is -1.83. The highest BCUT2D eigenvalue weighted by Crippen LogP contribution is 2.13. The van der Waals surface area contributed by atoms with E-state index in [0.717, 1.165) is 51.4 Å². The fraction of sp³-hybridized carbons (Fsp3) is 0.940. The number of nitrogens with one attached hydrogen (secondary N) is 4. The fourth-order valence-electron chi connectivity index (χ4n) is 7.76. The molecule has 62 heavy (non-hydrogen) atoms. The highest BCUT2D eigenvalue weighted by molar-refractivity contribution is 5.81. The van der Waals surface area contributed by atoms with Crippen molar-refractivity contribution in [1.29, 1.82) is 0 Å². The van der Waals surface area contributed by atoms with Crippen molar-refractivity contribution < 1.29 is 29.7 Å². The van der Waals surface area contributed by atoms with E-state index in [4.69, 9.17) is 0 Å². The number of carbonyl (C=O) groups excluding carboxylic acids is 3. The Morgan fingerprint density at radius 3 is 1.00 bits per heavy atom. The van der Waals surface area contributed by atoms with Gasteiger partial charge in [-0.25, -0.2) is 0 Å². The van der Waals surface area contributed by atoms with E-state index in [1.807, 2.05) is 7.05 Å². The summed E-state index contributed by atoms with van der Waals surface area (Å²) in [6.07, 6.45) is 32.8. The van der Waals surface area contributed by atoms with Gasteiger partial charge >= 0.3 is 0 Å². The van der Waals surface area contributed by atoms with E-state index in [-0.39, 0.29) is 25.5 Å². The molecule has 0 aliphatic rings. The summed E-state index contributed by atoms with van der Waals surface area (Å²) in [6.45, 7) is 10.6. The van der Waals surface area contributed by atoms with E-state index >= 15 is 0 Å². The topological polar surface area (TPSA) is 166 Å². The monoisotopic (exact) mass is 883 g/mol. The van der Waals surface area contributed by atoms with Gasteiger partial charge in [0.2, 0.25) is 17.7 Å². The van der Waals surface area contributed by atoms with Gasteiger partial charge in [0.1, 0.15) is 18.3 Å². The lowest BCUT2D eigenvalue weighted by atomic mass is 10.1. The van der Waals surface area contributed by atoms with Gasteiger partial charge in [-0.3, -0.25) is 19.3 Å². The normalized spacial score (nSPS) is 13.1. The van der Waals surface area contributed by atoms with E-state index in [1.165, 1.54) is 141 Å². The lowest BCUT2D eigenvalue weighted by Gasteiger charge is -2.28. The number of hydrogen-bond acceptors (Lipinski definition) is 9. The highest BCUT2D eigenvalue weighted by atomic mass is 16.3. The van der Waals surface area contributed by atoms with Crippen molar-refractivity contribution in [1.82, 2.24) is 31.1 Å². The minimum Gasteiger partial charge on any atom is -0.382 e. The number of nitrogens with zero attached hydrogens (tertiary/aromatic N) is 2. The molecule has 0 heterocycles. The Morgan fingerprint density at radius 1 is 0.387 bits per heavy atom. The van der Waals surface area contributed by atoms with Gasteiger partial charge in [0, 0.05) is 65.4 Å². The van der Waals surface area contributed by atoms with Gasteiger partial charge in [0.25, 0.3) is 0 Å². The number of carbonyl (C=O) groups is 3. The van der Waals surface area contributed by atoms with Crippen LogP contribution in [0.5, 0.6) is 0 Å². The van der Waals surface area contributed by atoms with Crippen LogP contribution in [0.25, 0.3) is 0 Å². The molecule has 0 fully saturated rings. The van der Waals surface area contributed by atoms with Crippen LogP contribution in [0.15, 0.2) is 0 Å². The number of aliphatic hydroxyl groups is 3. The summed E-state index contributed by atoms with van der Waals surface area (Å²) in [5, 5.41) is 43.9. The number of unbranched alkanes of at least 4 members (excludes halogenated alkanes) is 27. The van der Waals surface area contributed by atoms with Gasteiger partial charge < -0.3 is 41.5 Å². The zero-order valence-electron chi connectivity index (χ0n) is 41.0. The van der Waals surface area contributed by atoms with Crippen LogP contribution in [0.1, 0.15) is 213 Å². The third-order valence-corrected chi connectivity index (χ3v) is 12.1. The van der Waals surface area contributed by atoms with Crippen LogP contribution in [0.3, 0.4) is 0 Å². The van der Waals surface area contributed by atoms with E-state index < -0.39 is 30.1 Å². The number of hydrogen-bond donors (Lipinski definition) is 7. The molecule has 0 saturated heterocycles. The summed E-state index contributed by atoms with van der Waals surface area (Å²) >= 11 is 0. The Bertz CT molecular complexity index is 963. The molecule has 0 aliphatic carbocycles. The molecule has 12 heteroatoms. The summed E-state index contributed by atoms with van der Waals surface area (Å²) in [7, 11) is 1.95. The molecule has 0 radical (unpaired) electrons. The number of aliphatic hydroxyl groups excluding tert-OH is 3. The number of amides is 3. The molecule has 0 spiro atoms. The largest absolute Gasteiger partial charge is 0.382 e. The molecule has 0 aromatic carbocycles. The molecule has 0 bridgehead atoms. The van der Waals surface area contributed by atoms with Crippen LogP contribution in [-0.2, 0) is 14.4 Å². The third kappa shape index (κ3) is 39.7. The maximum absolute atomic E-state index is 12.9. The maximum atomic E-state index is 12.9. The molecular weight excluding hydrogens is 781 g/mol. The molecule has 3 unspecified atom stereocenters. The predicted molar refractivity (Wildman–Crippen MR) is 259 cm³/mol. The molecule has 368 valence electrons. The summed E-state index contributed by atoms with van der Waals surface area (Å²) in [4.78, 5) is 41.9. The lowest BCUT2D eigenvalue weighted by Crippen LogP contribution is -2.50. The van der Waals surface area contributed by atoms with Crippen LogP contribution >= 0.6 is 0 Å². The Balaban J connectivity index is 4.66. The minimum absolute atomic E-state index is 0.000825. The van der Waals surface area contributed by atoms with E-state index in [0.29, 0.717) is 45.8 Å². The SMILES string of the molecule is CCCCCCCCCCCCNC(=O)C(O)CNCCN(C)CCN(CC(O)C(=O)NCCCCCCCCCCCC)CC(O)C(=O)NCCCCCCCCCCCC. The summed E-state index contributed by atoms with van der Waals surface area (Å²) < 4.78 is 0. The first-order valence-electron chi connectivity index (χ1n) is 26.1. The van der Waals surface area contributed by atoms with Crippen molar-refractivity contribution in [2.24, 2.45) is 0 Å². The van der Waals surface area contributed by atoms with Gasteiger partial charge in [-0.2, -0.15) is 0 Å².